The van der Waals surface area contributed by atoms with E-state index in [1.54, 1.807) is 6.33 Å². The van der Waals surface area contributed by atoms with Gasteiger partial charge in [-0.1, -0.05) is 0 Å². The molecule has 3 N–H and O–H groups in total. The third-order valence-electron chi connectivity index (χ3n) is 2.47. The normalized spacial score (nSPS) is 11.2. The van der Waals surface area contributed by atoms with Crippen LogP contribution in [0, 0.1) is 0 Å². The third kappa shape index (κ3) is 1.83. The maximum atomic E-state index is 5.61. The summed E-state index contributed by atoms with van der Waals surface area (Å²) in [6.07, 6.45) is 3.16. The molecule has 0 amide bonds. The standard InChI is InChI=1S/C10H16N6/c1-7(2)16(4-3-11)10-8-9(13-5-12-8)14-6-15-10/h5-7H,3-4,11H2,1-2H3,(H,12,13,14,15). The van der Waals surface area contributed by atoms with Crippen LogP contribution < -0.4 is 10.6 Å². The molecule has 2 rings (SSSR count). The lowest BCUT2D eigenvalue weighted by molar-refractivity contribution is 0.676. The second-order valence-electron chi connectivity index (χ2n) is 3.87. The number of nitrogens with two attached hydrogens (primary N) is 1. The van der Waals surface area contributed by atoms with E-state index in [1.807, 2.05) is 0 Å². The van der Waals surface area contributed by atoms with Crippen LogP contribution in [0.5, 0.6) is 0 Å². The summed E-state index contributed by atoms with van der Waals surface area (Å²) in [5.41, 5.74) is 7.17. The highest BCUT2D eigenvalue weighted by Gasteiger charge is 2.15. The number of H-pyrrole nitrogens is 1. The van der Waals surface area contributed by atoms with E-state index in [2.05, 4.69) is 38.7 Å². The number of hydrogen-bond acceptors (Lipinski definition) is 5. The third-order valence-corrected chi connectivity index (χ3v) is 2.47. The fourth-order valence-electron chi connectivity index (χ4n) is 1.72. The van der Waals surface area contributed by atoms with Crippen molar-refractivity contribution in [3.63, 3.8) is 0 Å². The molecule has 16 heavy (non-hydrogen) atoms. The highest BCUT2D eigenvalue weighted by Crippen LogP contribution is 2.20. The molecule has 0 atom stereocenters. The zero-order chi connectivity index (χ0) is 11.5. The van der Waals surface area contributed by atoms with Crippen LogP contribution in [0.2, 0.25) is 0 Å². The van der Waals surface area contributed by atoms with Gasteiger partial charge in [0.1, 0.15) is 11.8 Å². The number of nitrogens with one attached hydrogen (secondary N) is 1. The molecular weight excluding hydrogens is 204 g/mol. The van der Waals surface area contributed by atoms with Gasteiger partial charge in [-0.05, 0) is 13.8 Å². The molecule has 0 radical (unpaired) electrons. The van der Waals surface area contributed by atoms with Gasteiger partial charge in [0.2, 0.25) is 0 Å². The van der Waals surface area contributed by atoms with Crippen LogP contribution >= 0.6 is 0 Å². The van der Waals surface area contributed by atoms with Crippen molar-refractivity contribution in [1.29, 1.82) is 0 Å². The van der Waals surface area contributed by atoms with Gasteiger partial charge in [-0.25, -0.2) is 15.0 Å². The monoisotopic (exact) mass is 220 g/mol. The lowest BCUT2D eigenvalue weighted by Gasteiger charge is -2.27. The quantitative estimate of drug-likeness (QED) is 0.785. The molecule has 0 saturated carbocycles. The van der Waals surface area contributed by atoms with Crippen LogP contribution in [0.15, 0.2) is 12.7 Å². The van der Waals surface area contributed by atoms with Crippen molar-refractivity contribution in [3.05, 3.63) is 12.7 Å². The van der Waals surface area contributed by atoms with Gasteiger partial charge in [-0.3, -0.25) is 0 Å². The van der Waals surface area contributed by atoms with Crippen LogP contribution in [-0.2, 0) is 0 Å². The van der Waals surface area contributed by atoms with E-state index in [0.717, 1.165) is 17.9 Å². The van der Waals surface area contributed by atoms with Crippen molar-refractivity contribution in [2.45, 2.75) is 19.9 Å². The fraction of sp³-hybridized carbons (Fsp3) is 0.500. The second kappa shape index (κ2) is 4.44. The van der Waals surface area contributed by atoms with E-state index in [9.17, 15) is 0 Å². The molecular formula is C10H16N6. The number of imidazole rings is 1. The van der Waals surface area contributed by atoms with Crippen LogP contribution in [0.1, 0.15) is 13.8 Å². The molecule has 6 heteroatoms. The highest BCUT2D eigenvalue weighted by atomic mass is 15.2. The van der Waals surface area contributed by atoms with Gasteiger partial charge < -0.3 is 15.6 Å². The van der Waals surface area contributed by atoms with E-state index < -0.39 is 0 Å². The predicted molar refractivity (Wildman–Crippen MR) is 63.2 cm³/mol. The Kier molecular flexibility index (Phi) is 3.00. The molecule has 2 aromatic heterocycles. The van der Waals surface area contributed by atoms with E-state index in [1.165, 1.54) is 6.33 Å². The van der Waals surface area contributed by atoms with Crippen molar-refractivity contribution >= 4 is 17.0 Å². The van der Waals surface area contributed by atoms with Gasteiger partial charge >= 0.3 is 0 Å². The van der Waals surface area contributed by atoms with Crippen LogP contribution in [0.3, 0.4) is 0 Å². The summed E-state index contributed by atoms with van der Waals surface area (Å²) in [4.78, 5) is 17.7. The second-order valence-corrected chi connectivity index (χ2v) is 3.87. The van der Waals surface area contributed by atoms with Crippen LogP contribution in [0.25, 0.3) is 11.2 Å². The lowest BCUT2D eigenvalue weighted by atomic mass is 10.3. The molecule has 2 heterocycles. The number of aromatic nitrogens is 4. The Bertz CT molecular complexity index is 463. The van der Waals surface area contributed by atoms with Crippen molar-refractivity contribution < 1.29 is 0 Å². The van der Waals surface area contributed by atoms with E-state index in [0.29, 0.717) is 18.2 Å². The molecule has 0 aliphatic rings. The summed E-state index contributed by atoms with van der Waals surface area (Å²) < 4.78 is 0. The summed E-state index contributed by atoms with van der Waals surface area (Å²) in [5, 5.41) is 0. The van der Waals surface area contributed by atoms with E-state index in [-0.39, 0.29) is 0 Å². The Balaban J connectivity index is 2.47. The fourth-order valence-corrected chi connectivity index (χ4v) is 1.72. The molecule has 0 aliphatic heterocycles. The van der Waals surface area contributed by atoms with E-state index in [4.69, 9.17) is 5.73 Å². The maximum absolute atomic E-state index is 5.61. The number of anilines is 1. The molecule has 0 aromatic carbocycles. The Morgan fingerprint density at radius 1 is 1.38 bits per heavy atom. The minimum atomic E-state index is 0.338. The van der Waals surface area contributed by atoms with Gasteiger partial charge in [0.25, 0.3) is 0 Å². The smallest absolute Gasteiger partial charge is 0.182 e. The Labute approximate surface area is 93.9 Å². The van der Waals surface area contributed by atoms with Gasteiger partial charge in [0, 0.05) is 19.1 Å². The molecule has 2 aromatic rings. The van der Waals surface area contributed by atoms with E-state index >= 15 is 0 Å². The molecule has 86 valence electrons. The first-order valence-electron chi connectivity index (χ1n) is 5.35. The molecule has 0 bridgehead atoms. The predicted octanol–water partition coefficient (Wildman–Crippen LogP) is 0.526. The van der Waals surface area contributed by atoms with Crippen molar-refractivity contribution in [1.82, 2.24) is 19.9 Å². The maximum Gasteiger partial charge on any atom is 0.182 e. The Hall–Kier alpha value is -1.69. The summed E-state index contributed by atoms with van der Waals surface area (Å²) in [5.74, 6) is 0.864. The summed E-state index contributed by atoms with van der Waals surface area (Å²) in [6, 6.07) is 0.338. The van der Waals surface area contributed by atoms with Crippen LogP contribution in [-0.4, -0.2) is 39.1 Å². The first-order chi connectivity index (χ1) is 7.74. The minimum Gasteiger partial charge on any atom is -0.351 e. The lowest BCUT2D eigenvalue weighted by Crippen LogP contribution is -2.36. The average molecular weight is 220 g/mol. The number of hydrogen-bond donors (Lipinski definition) is 2. The first-order valence-corrected chi connectivity index (χ1v) is 5.35. The summed E-state index contributed by atoms with van der Waals surface area (Å²) >= 11 is 0. The molecule has 0 spiro atoms. The largest absolute Gasteiger partial charge is 0.351 e. The zero-order valence-electron chi connectivity index (χ0n) is 9.51. The van der Waals surface area contributed by atoms with Gasteiger partial charge in [0.15, 0.2) is 11.5 Å². The summed E-state index contributed by atoms with van der Waals surface area (Å²) in [6.45, 7) is 5.58. The van der Waals surface area contributed by atoms with Gasteiger partial charge in [0.05, 0.1) is 6.33 Å². The molecule has 0 saturated heterocycles. The Morgan fingerprint density at radius 2 is 2.19 bits per heavy atom. The number of nitrogens with zero attached hydrogens (tertiary/aromatic N) is 4. The highest BCUT2D eigenvalue weighted by molar-refractivity contribution is 5.82. The molecule has 0 aliphatic carbocycles. The average Bonchev–Trinajstić information content (AvgIpc) is 2.73. The molecule has 6 nitrogen and oxygen atoms in total. The molecule has 0 unspecified atom stereocenters. The van der Waals surface area contributed by atoms with Crippen molar-refractivity contribution in [2.75, 3.05) is 18.0 Å². The van der Waals surface area contributed by atoms with Gasteiger partial charge in [-0.15, -0.1) is 0 Å². The number of fused-ring (bicyclic) bond motifs is 1. The minimum absolute atomic E-state index is 0.338. The SMILES string of the molecule is CC(C)N(CCN)c1ncnc2nc[nH]c12. The topological polar surface area (TPSA) is 83.7 Å². The van der Waals surface area contributed by atoms with Crippen LogP contribution in [0.4, 0.5) is 5.82 Å². The number of rotatable bonds is 4. The van der Waals surface area contributed by atoms with Crippen molar-refractivity contribution in [2.24, 2.45) is 5.73 Å². The molecule has 0 fully saturated rings. The number of aromatic amines is 1. The van der Waals surface area contributed by atoms with Crippen molar-refractivity contribution in [3.8, 4) is 0 Å². The zero-order valence-corrected chi connectivity index (χ0v) is 9.51. The van der Waals surface area contributed by atoms with Gasteiger partial charge in [-0.2, -0.15) is 0 Å². The first kappa shape index (κ1) is 10.8. The Morgan fingerprint density at radius 3 is 2.88 bits per heavy atom. The summed E-state index contributed by atoms with van der Waals surface area (Å²) in [7, 11) is 0.